The van der Waals surface area contributed by atoms with Crippen molar-refractivity contribution in [1.82, 2.24) is 0 Å². The highest BCUT2D eigenvalue weighted by molar-refractivity contribution is 6.73. The van der Waals surface area contributed by atoms with E-state index in [1.807, 2.05) is 13.0 Å². The van der Waals surface area contributed by atoms with Crippen LogP contribution in [0.4, 0.5) is 4.79 Å². The van der Waals surface area contributed by atoms with Crippen LogP contribution in [0.2, 0.25) is 18.1 Å². The minimum Gasteiger partial charge on any atom is -0.482 e. The summed E-state index contributed by atoms with van der Waals surface area (Å²) < 4.78 is 29.6. The van der Waals surface area contributed by atoms with Gasteiger partial charge in [0, 0.05) is 6.10 Å². The number of carbonyl (C=O) groups excluding carboxylic acids is 2. The second-order valence-corrected chi connectivity index (χ2v) is 17.6. The molecule has 0 saturated heterocycles. The SMILES string of the molecule is CCCCC[C@@H](CC[C@@H]1[C@H]2Cc3cccc(OCC(=O)OCCCC)c3C[C@H]2C[C@H]1O[Si](CC)(CC)CC)OC(=O)OCC. The molecule has 0 bridgehead atoms. The second-order valence-electron chi connectivity index (χ2n) is 12.9. The fourth-order valence-corrected chi connectivity index (χ4v) is 10.3. The fraction of sp³-hybridized carbons (Fsp3) is 0.778. The van der Waals surface area contributed by atoms with E-state index in [0.29, 0.717) is 31.0 Å². The number of rotatable bonds is 20. The van der Waals surface area contributed by atoms with E-state index in [0.717, 1.165) is 94.5 Å². The zero-order valence-corrected chi connectivity index (χ0v) is 29.5. The Hall–Kier alpha value is -2.06. The van der Waals surface area contributed by atoms with Gasteiger partial charge in [0.25, 0.3) is 0 Å². The molecular formula is C36H60O7Si. The third-order valence-corrected chi connectivity index (χ3v) is 14.9. The summed E-state index contributed by atoms with van der Waals surface area (Å²) in [4.78, 5) is 24.6. The molecule has 2 aliphatic rings. The molecule has 0 N–H and O–H groups in total. The van der Waals surface area contributed by atoms with Crippen molar-refractivity contribution in [1.29, 1.82) is 0 Å². The van der Waals surface area contributed by atoms with E-state index < -0.39 is 14.5 Å². The molecule has 7 nitrogen and oxygen atoms in total. The molecule has 2 aliphatic carbocycles. The van der Waals surface area contributed by atoms with Gasteiger partial charge in [0.2, 0.25) is 0 Å². The van der Waals surface area contributed by atoms with Crippen LogP contribution in [0.1, 0.15) is 110 Å². The fourth-order valence-electron chi connectivity index (χ4n) is 7.43. The lowest BCUT2D eigenvalue weighted by atomic mass is 9.73. The van der Waals surface area contributed by atoms with Gasteiger partial charge in [-0.2, -0.15) is 0 Å². The van der Waals surface area contributed by atoms with Gasteiger partial charge in [-0.3, -0.25) is 0 Å². The minimum absolute atomic E-state index is 0.0554. The maximum Gasteiger partial charge on any atom is 0.508 e. The minimum atomic E-state index is -1.82. The largest absolute Gasteiger partial charge is 0.508 e. The standard InChI is InChI=1S/C36H60O7Si/c1-7-13-15-18-29(42-36(38)39-9-3)20-21-30-31-23-27-17-16-19-33(41-26-35(37)40-22-14-8-2)32(27)24-28(31)25-34(30)43-44(10-4,11-5)12-6/h16-17,19,28-31,34H,7-15,18,20-26H2,1-6H3/t28-,29-,30+,31-,34+/m0/s1. The number of esters is 1. The molecule has 0 unspecified atom stereocenters. The first kappa shape index (κ1) is 36.4. The molecule has 250 valence electrons. The molecule has 0 radical (unpaired) electrons. The normalized spacial score (nSPS) is 21.7. The van der Waals surface area contributed by atoms with Crippen LogP contribution in [0.5, 0.6) is 5.75 Å². The molecule has 1 fully saturated rings. The van der Waals surface area contributed by atoms with E-state index in [1.165, 1.54) is 11.1 Å². The second kappa shape index (κ2) is 18.8. The Kier molecular flexibility index (Phi) is 15.6. The summed E-state index contributed by atoms with van der Waals surface area (Å²) in [6, 6.07) is 9.68. The van der Waals surface area contributed by atoms with Gasteiger partial charge >= 0.3 is 12.1 Å². The van der Waals surface area contributed by atoms with Gasteiger partial charge < -0.3 is 23.4 Å². The van der Waals surface area contributed by atoms with E-state index in [1.54, 1.807) is 0 Å². The van der Waals surface area contributed by atoms with Crippen LogP contribution in [0, 0.1) is 17.8 Å². The van der Waals surface area contributed by atoms with Crippen LogP contribution in [0.15, 0.2) is 18.2 Å². The van der Waals surface area contributed by atoms with Gasteiger partial charge in [0.15, 0.2) is 14.9 Å². The van der Waals surface area contributed by atoms with Crippen molar-refractivity contribution in [3.05, 3.63) is 29.3 Å². The summed E-state index contributed by atoms with van der Waals surface area (Å²) in [6.07, 6.45) is 10.4. The number of carbonyl (C=O) groups is 2. The van der Waals surface area contributed by atoms with Crippen molar-refractivity contribution in [3.63, 3.8) is 0 Å². The third kappa shape index (κ3) is 10.2. The topological polar surface area (TPSA) is 80.3 Å². The average molecular weight is 633 g/mol. The van der Waals surface area contributed by atoms with Gasteiger partial charge in [0.05, 0.1) is 13.2 Å². The van der Waals surface area contributed by atoms with E-state index in [-0.39, 0.29) is 24.8 Å². The number of hydrogen-bond donors (Lipinski definition) is 0. The summed E-state index contributed by atoms with van der Waals surface area (Å²) in [5.74, 6) is 1.94. The monoisotopic (exact) mass is 632 g/mol. The quantitative estimate of drug-likeness (QED) is 0.0806. The Morgan fingerprint density at radius 3 is 2.34 bits per heavy atom. The van der Waals surface area contributed by atoms with Gasteiger partial charge in [-0.25, -0.2) is 9.59 Å². The zero-order valence-electron chi connectivity index (χ0n) is 28.5. The third-order valence-electron chi connectivity index (χ3n) is 10.2. The van der Waals surface area contributed by atoms with Crippen LogP contribution in [-0.4, -0.2) is 52.5 Å². The Morgan fingerprint density at radius 2 is 1.66 bits per heavy atom. The predicted octanol–water partition coefficient (Wildman–Crippen LogP) is 9.05. The summed E-state index contributed by atoms with van der Waals surface area (Å²) >= 11 is 0. The van der Waals surface area contributed by atoms with Crippen LogP contribution in [0.25, 0.3) is 0 Å². The molecule has 0 aromatic heterocycles. The first-order valence-corrected chi connectivity index (χ1v) is 20.3. The highest BCUT2D eigenvalue weighted by Crippen LogP contribution is 2.50. The molecule has 0 aliphatic heterocycles. The summed E-state index contributed by atoms with van der Waals surface area (Å²) in [7, 11) is -1.82. The summed E-state index contributed by atoms with van der Waals surface area (Å²) in [5, 5.41) is 0. The van der Waals surface area contributed by atoms with Crippen molar-refractivity contribution in [2.45, 2.75) is 143 Å². The first-order chi connectivity index (χ1) is 21.3. The maximum atomic E-state index is 12.3. The summed E-state index contributed by atoms with van der Waals surface area (Å²) in [5.41, 5.74) is 2.56. The molecule has 5 atom stereocenters. The van der Waals surface area contributed by atoms with Crippen molar-refractivity contribution < 1.29 is 33.0 Å². The highest BCUT2D eigenvalue weighted by atomic mass is 28.4. The first-order valence-electron chi connectivity index (χ1n) is 17.7. The van der Waals surface area contributed by atoms with Gasteiger partial charge in [0.1, 0.15) is 11.9 Å². The van der Waals surface area contributed by atoms with E-state index >= 15 is 0 Å². The Labute approximate surface area is 268 Å². The average Bonchev–Trinajstić information content (AvgIpc) is 3.35. The molecule has 1 aromatic carbocycles. The smallest absolute Gasteiger partial charge is 0.482 e. The number of fused-ring (bicyclic) bond motifs is 2. The molecular weight excluding hydrogens is 572 g/mol. The molecule has 8 heteroatoms. The lowest BCUT2D eigenvalue weighted by molar-refractivity contribution is -0.146. The van der Waals surface area contributed by atoms with E-state index in [4.69, 9.17) is 23.4 Å². The highest BCUT2D eigenvalue weighted by Gasteiger charge is 2.48. The molecule has 44 heavy (non-hydrogen) atoms. The number of ether oxygens (including phenoxy) is 4. The lowest BCUT2D eigenvalue weighted by Crippen LogP contribution is -2.42. The van der Waals surface area contributed by atoms with Gasteiger partial charge in [-0.1, -0.05) is 66.0 Å². The Morgan fingerprint density at radius 1 is 0.909 bits per heavy atom. The van der Waals surface area contributed by atoms with Crippen molar-refractivity contribution in [3.8, 4) is 5.75 Å². The molecule has 3 rings (SSSR count). The van der Waals surface area contributed by atoms with E-state index in [2.05, 4.69) is 46.8 Å². The zero-order chi connectivity index (χ0) is 32.0. The molecule has 0 heterocycles. The Bertz CT molecular complexity index is 1000. The van der Waals surface area contributed by atoms with Crippen molar-refractivity contribution in [2.24, 2.45) is 17.8 Å². The van der Waals surface area contributed by atoms with Crippen molar-refractivity contribution in [2.75, 3.05) is 19.8 Å². The summed E-state index contributed by atoms with van der Waals surface area (Å²) in [6.45, 7) is 13.7. The van der Waals surface area contributed by atoms with Gasteiger partial charge in [-0.15, -0.1) is 0 Å². The van der Waals surface area contributed by atoms with Crippen LogP contribution in [0.3, 0.4) is 0 Å². The molecule has 0 amide bonds. The number of unbranched alkanes of at least 4 members (excludes halogenated alkanes) is 3. The molecule has 0 spiro atoms. The van der Waals surface area contributed by atoms with Crippen molar-refractivity contribution >= 4 is 20.4 Å². The van der Waals surface area contributed by atoms with Crippen LogP contribution >= 0.6 is 0 Å². The van der Waals surface area contributed by atoms with Crippen LogP contribution < -0.4 is 4.74 Å². The Balaban J connectivity index is 1.79. The number of benzene rings is 1. The maximum absolute atomic E-state index is 12.3. The van der Waals surface area contributed by atoms with Gasteiger partial charge in [-0.05, 0) is 111 Å². The number of hydrogen-bond acceptors (Lipinski definition) is 7. The predicted molar refractivity (Wildman–Crippen MR) is 178 cm³/mol. The van der Waals surface area contributed by atoms with Crippen LogP contribution in [-0.2, 0) is 36.3 Å². The lowest BCUT2D eigenvalue weighted by Gasteiger charge is -2.36. The molecule has 1 aromatic rings. The molecule has 1 saturated carbocycles. The van der Waals surface area contributed by atoms with E-state index in [9.17, 15) is 9.59 Å².